The summed E-state index contributed by atoms with van der Waals surface area (Å²) < 4.78 is 5.30. The van der Waals surface area contributed by atoms with Crippen molar-refractivity contribution < 1.29 is 9.53 Å². The van der Waals surface area contributed by atoms with Crippen LogP contribution in [-0.2, 0) is 9.53 Å². The fourth-order valence-electron chi connectivity index (χ4n) is 1.93. The molecule has 0 radical (unpaired) electrons. The van der Waals surface area contributed by atoms with Gasteiger partial charge in [-0.2, -0.15) is 0 Å². The third kappa shape index (κ3) is 7.63. The van der Waals surface area contributed by atoms with E-state index in [4.69, 9.17) is 4.74 Å². The predicted octanol–water partition coefficient (Wildman–Crippen LogP) is 0.167. The summed E-state index contributed by atoms with van der Waals surface area (Å²) in [6, 6.07) is 0. The topological polar surface area (TPSA) is 44.8 Å². The summed E-state index contributed by atoms with van der Waals surface area (Å²) in [5.41, 5.74) is 0. The van der Waals surface area contributed by atoms with Gasteiger partial charge in [-0.1, -0.05) is 0 Å². The SMILES string of the molecule is CN(C)CCC(=O)NCCCCN1CCOCC1. The van der Waals surface area contributed by atoms with Crippen LogP contribution in [0.3, 0.4) is 0 Å². The first kappa shape index (κ1) is 15.4. The maximum atomic E-state index is 11.4. The van der Waals surface area contributed by atoms with Crippen LogP contribution in [0.5, 0.6) is 0 Å². The second kappa shape index (κ2) is 9.30. The molecule has 1 saturated heterocycles. The molecule has 1 aliphatic rings. The molecule has 0 saturated carbocycles. The molecule has 1 fully saturated rings. The Bertz CT molecular complexity index is 228. The van der Waals surface area contributed by atoms with Gasteiger partial charge in [0.25, 0.3) is 0 Å². The van der Waals surface area contributed by atoms with Crippen LogP contribution in [-0.4, -0.2) is 75.7 Å². The van der Waals surface area contributed by atoms with Gasteiger partial charge in [-0.3, -0.25) is 9.69 Å². The highest BCUT2D eigenvalue weighted by molar-refractivity contribution is 5.75. The first-order valence-corrected chi connectivity index (χ1v) is 6.90. The van der Waals surface area contributed by atoms with E-state index in [2.05, 4.69) is 10.2 Å². The molecule has 0 aromatic heterocycles. The third-order valence-corrected chi connectivity index (χ3v) is 3.11. The highest BCUT2D eigenvalue weighted by Crippen LogP contribution is 1.99. The number of carbonyl (C=O) groups excluding carboxylic acids is 1. The zero-order chi connectivity index (χ0) is 13.2. The Labute approximate surface area is 110 Å². The van der Waals surface area contributed by atoms with Gasteiger partial charge in [0, 0.05) is 32.6 Å². The largest absolute Gasteiger partial charge is 0.379 e. The molecule has 0 bridgehead atoms. The van der Waals surface area contributed by atoms with E-state index in [0.29, 0.717) is 6.42 Å². The summed E-state index contributed by atoms with van der Waals surface area (Å²) in [5.74, 6) is 0.162. The molecule has 0 aromatic rings. The number of morpholine rings is 1. The van der Waals surface area contributed by atoms with Gasteiger partial charge in [-0.25, -0.2) is 0 Å². The van der Waals surface area contributed by atoms with Crippen molar-refractivity contribution in [2.24, 2.45) is 0 Å². The number of nitrogens with zero attached hydrogens (tertiary/aromatic N) is 2. The second-order valence-corrected chi connectivity index (χ2v) is 5.06. The van der Waals surface area contributed by atoms with E-state index >= 15 is 0 Å². The van der Waals surface area contributed by atoms with Gasteiger partial charge in [0.05, 0.1) is 13.2 Å². The highest BCUT2D eigenvalue weighted by Gasteiger charge is 2.09. The van der Waals surface area contributed by atoms with Gasteiger partial charge in [0.15, 0.2) is 0 Å². The van der Waals surface area contributed by atoms with Gasteiger partial charge in [0.2, 0.25) is 5.91 Å². The maximum absolute atomic E-state index is 11.4. The van der Waals surface area contributed by atoms with Crippen molar-refractivity contribution in [3.63, 3.8) is 0 Å². The number of amides is 1. The molecule has 0 unspecified atom stereocenters. The van der Waals surface area contributed by atoms with Crippen LogP contribution in [0.1, 0.15) is 19.3 Å². The molecule has 0 aliphatic carbocycles. The van der Waals surface area contributed by atoms with E-state index in [1.807, 2.05) is 19.0 Å². The van der Waals surface area contributed by atoms with E-state index in [9.17, 15) is 4.79 Å². The molecule has 106 valence electrons. The summed E-state index contributed by atoms with van der Waals surface area (Å²) >= 11 is 0. The van der Waals surface area contributed by atoms with Crippen molar-refractivity contribution >= 4 is 5.91 Å². The molecule has 5 heteroatoms. The Morgan fingerprint density at radius 1 is 1.28 bits per heavy atom. The van der Waals surface area contributed by atoms with E-state index in [1.165, 1.54) is 0 Å². The van der Waals surface area contributed by atoms with E-state index in [1.54, 1.807) is 0 Å². The molecule has 5 nitrogen and oxygen atoms in total. The van der Waals surface area contributed by atoms with Gasteiger partial charge in [0.1, 0.15) is 0 Å². The number of carbonyl (C=O) groups is 1. The first-order chi connectivity index (χ1) is 8.68. The fraction of sp³-hybridized carbons (Fsp3) is 0.923. The lowest BCUT2D eigenvalue weighted by Gasteiger charge is -2.26. The van der Waals surface area contributed by atoms with Gasteiger partial charge >= 0.3 is 0 Å². The van der Waals surface area contributed by atoms with Crippen molar-refractivity contribution in [2.45, 2.75) is 19.3 Å². The molecule has 1 N–H and O–H groups in total. The molecule has 1 heterocycles. The molecule has 18 heavy (non-hydrogen) atoms. The average molecular weight is 257 g/mol. The fourth-order valence-corrected chi connectivity index (χ4v) is 1.93. The number of unbranched alkanes of at least 4 members (excludes halogenated alkanes) is 1. The highest BCUT2D eigenvalue weighted by atomic mass is 16.5. The van der Waals surface area contributed by atoms with Crippen LogP contribution in [0.4, 0.5) is 0 Å². The van der Waals surface area contributed by atoms with Crippen molar-refractivity contribution in [1.29, 1.82) is 0 Å². The smallest absolute Gasteiger partial charge is 0.221 e. The standard InChI is InChI=1S/C13H27N3O2/c1-15(2)8-5-13(17)14-6-3-4-7-16-9-11-18-12-10-16/h3-12H2,1-2H3,(H,14,17). The number of hydrogen-bond acceptors (Lipinski definition) is 4. The normalized spacial score (nSPS) is 17.1. The zero-order valence-electron chi connectivity index (χ0n) is 11.8. The van der Waals surface area contributed by atoms with Gasteiger partial charge < -0.3 is 15.0 Å². The zero-order valence-corrected chi connectivity index (χ0v) is 11.8. The number of ether oxygens (including phenoxy) is 1. The van der Waals surface area contributed by atoms with Crippen molar-refractivity contribution in [2.75, 3.05) is 60.0 Å². The number of rotatable bonds is 8. The van der Waals surface area contributed by atoms with E-state index in [-0.39, 0.29) is 5.91 Å². The Balaban J connectivity index is 1.89. The van der Waals surface area contributed by atoms with Gasteiger partial charge in [-0.15, -0.1) is 0 Å². The van der Waals surface area contributed by atoms with Crippen LogP contribution in [0.25, 0.3) is 0 Å². The minimum atomic E-state index is 0.162. The second-order valence-electron chi connectivity index (χ2n) is 5.06. The average Bonchev–Trinajstić information content (AvgIpc) is 2.37. The summed E-state index contributed by atoms with van der Waals surface area (Å²) in [6.07, 6.45) is 2.80. The van der Waals surface area contributed by atoms with Crippen molar-refractivity contribution in [3.8, 4) is 0 Å². The lowest BCUT2D eigenvalue weighted by Crippen LogP contribution is -2.37. The molecule has 1 aliphatic heterocycles. The quantitative estimate of drug-likeness (QED) is 0.630. The van der Waals surface area contributed by atoms with Crippen LogP contribution in [0.2, 0.25) is 0 Å². The number of nitrogens with one attached hydrogen (secondary N) is 1. The van der Waals surface area contributed by atoms with Crippen LogP contribution < -0.4 is 5.32 Å². The summed E-state index contributed by atoms with van der Waals surface area (Å²) in [4.78, 5) is 15.9. The monoisotopic (exact) mass is 257 g/mol. The minimum absolute atomic E-state index is 0.162. The Morgan fingerprint density at radius 2 is 2.00 bits per heavy atom. The minimum Gasteiger partial charge on any atom is -0.379 e. The third-order valence-electron chi connectivity index (χ3n) is 3.11. The van der Waals surface area contributed by atoms with E-state index in [0.717, 1.165) is 58.8 Å². The Kier molecular flexibility index (Phi) is 7.96. The lowest BCUT2D eigenvalue weighted by molar-refractivity contribution is -0.121. The lowest BCUT2D eigenvalue weighted by atomic mass is 10.2. The first-order valence-electron chi connectivity index (χ1n) is 6.90. The molecule has 1 amide bonds. The van der Waals surface area contributed by atoms with E-state index < -0.39 is 0 Å². The molecular formula is C13H27N3O2. The van der Waals surface area contributed by atoms with Gasteiger partial charge in [-0.05, 0) is 33.5 Å². The number of hydrogen-bond donors (Lipinski definition) is 1. The van der Waals surface area contributed by atoms with Crippen LogP contribution >= 0.6 is 0 Å². The Morgan fingerprint density at radius 3 is 2.67 bits per heavy atom. The van der Waals surface area contributed by atoms with Crippen LogP contribution in [0.15, 0.2) is 0 Å². The molecule has 0 spiro atoms. The summed E-state index contributed by atoms with van der Waals surface area (Å²) in [6.45, 7) is 6.57. The summed E-state index contributed by atoms with van der Waals surface area (Å²) in [5, 5.41) is 2.97. The summed E-state index contributed by atoms with van der Waals surface area (Å²) in [7, 11) is 3.96. The molecule has 0 aromatic carbocycles. The molecular weight excluding hydrogens is 230 g/mol. The van der Waals surface area contributed by atoms with Crippen LogP contribution in [0, 0.1) is 0 Å². The predicted molar refractivity (Wildman–Crippen MR) is 72.7 cm³/mol. The Hall–Kier alpha value is -0.650. The molecule has 1 rings (SSSR count). The van der Waals surface area contributed by atoms with Crippen molar-refractivity contribution in [1.82, 2.24) is 15.1 Å². The van der Waals surface area contributed by atoms with Crippen molar-refractivity contribution in [3.05, 3.63) is 0 Å². The maximum Gasteiger partial charge on any atom is 0.221 e. The molecule has 0 atom stereocenters.